The van der Waals surface area contributed by atoms with Gasteiger partial charge in [0.05, 0.1) is 0 Å². The van der Waals surface area contributed by atoms with Crippen molar-refractivity contribution in [2.45, 2.75) is 33.4 Å². The summed E-state index contributed by atoms with van der Waals surface area (Å²) in [6.45, 7) is 7.07. The van der Waals surface area contributed by atoms with Crippen molar-refractivity contribution in [3.63, 3.8) is 0 Å². The maximum absolute atomic E-state index is 6.00. The third-order valence-electron chi connectivity index (χ3n) is 3.03. The minimum absolute atomic E-state index is 0.447. The topological polar surface area (TPSA) is 21.3 Å². The van der Waals surface area contributed by atoms with Gasteiger partial charge in [-0.25, -0.2) is 0 Å². The molecule has 1 N–H and O–H groups in total. The highest BCUT2D eigenvalue weighted by molar-refractivity contribution is 6.34. The van der Waals surface area contributed by atoms with E-state index in [-0.39, 0.29) is 0 Å². The van der Waals surface area contributed by atoms with Crippen LogP contribution >= 0.6 is 23.2 Å². The Morgan fingerprint density at radius 3 is 2.33 bits per heavy atom. The summed E-state index contributed by atoms with van der Waals surface area (Å²) in [7, 11) is 0. The number of rotatable bonds is 5. The average Bonchev–Trinajstić information content (AvgIpc) is 2.38. The highest BCUT2D eigenvalue weighted by atomic mass is 35.5. The largest absolute Gasteiger partial charge is 0.457 e. The molecule has 0 heterocycles. The highest BCUT2D eigenvalue weighted by Gasteiger charge is 2.06. The summed E-state index contributed by atoms with van der Waals surface area (Å²) in [6, 6.07) is 11.8. The van der Waals surface area contributed by atoms with E-state index in [1.807, 2.05) is 13.0 Å². The van der Waals surface area contributed by atoms with Crippen LogP contribution in [-0.2, 0) is 6.54 Å². The number of nitrogens with one attached hydrogen (secondary N) is 1. The first-order valence-corrected chi connectivity index (χ1v) is 7.66. The molecule has 0 aliphatic rings. The van der Waals surface area contributed by atoms with Gasteiger partial charge in [0.2, 0.25) is 0 Å². The monoisotopic (exact) mass is 323 g/mol. The van der Waals surface area contributed by atoms with Crippen molar-refractivity contribution in [3.8, 4) is 11.5 Å². The number of hydrogen-bond donors (Lipinski definition) is 1. The Kier molecular flexibility index (Phi) is 5.51. The summed E-state index contributed by atoms with van der Waals surface area (Å²) in [4.78, 5) is 0. The third-order valence-corrected chi connectivity index (χ3v) is 3.47. The Bertz CT molecular complexity index is 606. The molecule has 0 atom stereocenters. The fourth-order valence-electron chi connectivity index (χ4n) is 1.90. The summed E-state index contributed by atoms with van der Waals surface area (Å²) in [5.74, 6) is 1.46. The van der Waals surface area contributed by atoms with Gasteiger partial charge in [-0.3, -0.25) is 0 Å². The second-order valence-corrected chi connectivity index (χ2v) is 6.22. The smallest absolute Gasteiger partial charge is 0.130 e. The van der Waals surface area contributed by atoms with Gasteiger partial charge in [0.15, 0.2) is 0 Å². The number of aryl methyl sites for hydroxylation is 1. The number of ether oxygens (including phenoxy) is 1. The Morgan fingerprint density at radius 2 is 1.71 bits per heavy atom. The van der Waals surface area contributed by atoms with E-state index in [1.54, 1.807) is 18.2 Å². The maximum atomic E-state index is 6.00. The third kappa shape index (κ3) is 4.92. The predicted molar refractivity (Wildman–Crippen MR) is 89.7 cm³/mol. The summed E-state index contributed by atoms with van der Waals surface area (Å²) >= 11 is 12.0. The van der Waals surface area contributed by atoms with Crippen LogP contribution in [0.5, 0.6) is 11.5 Å². The standard InChI is InChI=1S/C17H19Cl2NO/c1-11(2)20-10-13-5-4-12(3)17(6-13)21-16-8-14(18)7-15(19)9-16/h4-9,11,20H,10H2,1-3H3. The van der Waals surface area contributed by atoms with Gasteiger partial charge >= 0.3 is 0 Å². The van der Waals surface area contributed by atoms with E-state index in [4.69, 9.17) is 27.9 Å². The second-order valence-electron chi connectivity index (χ2n) is 5.34. The lowest BCUT2D eigenvalue weighted by atomic mass is 10.1. The minimum atomic E-state index is 0.447. The van der Waals surface area contributed by atoms with E-state index < -0.39 is 0 Å². The van der Waals surface area contributed by atoms with Gasteiger partial charge in [-0.05, 0) is 42.3 Å². The molecule has 0 aromatic heterocycles. The van der Waals surface area contributed by atoms with Gasteiger partial charge < -0.3 is 10.1 Å². The molecule has 0 saturated carbocycles. The Balaban J connectivity index is 2.20. The molecule has 0 radical (unpaired) electrons. The van der Waals surface area contributed by atoms with Crippen LogP contribution in [0.4, 0.5) is 0 Å². The Labute approximate surface area is 136 Å². The lowest BCUT2D eigenvalue weighted by Gasteiger charge is -2.13. The van der Waals surface area contributed by atoms with E-state index in [0.717, 1.165) is 17.9 Å². The van der Waals surface area contributed by atoms with Gasteiger partial charge in [-0.2, -0.15) is 0 Å². The summed E-state index contributed by atoms with van der Waals surface area (Å²) in [6.07, 6.45) is 0. The zero-order valence-corrected chi connectivity index (χ0v) is 13.9. The Hall–Kier alpha value is -1.22. The lowest BCUT2D eigenvalue weighted by Crippen LogP contribution is -2.21. The first-order chi connectivity index (χ1) is 9.94. The fourth-order valence-corrected chi connectivity index (χ4v) is 2.41. The van der Waals surface area contributed by atoms with Gasteiger partial charge in [0, 0.05) is 22.6 Å². The van der Waals surface area contributed by atoms with Crippen molar-refractivity contribution in [3.05, 3.63) is 57.6 Å². The molecule has 2 rings (SSSR count). The normalized spacial score (nSPS) is 11.0. The van der Waals surface area contributed by atoms with Crippen LogP contribution in [0.1, 0.15) is 25.0 Å². The molecule has 0 aliphatic carbocycles. The van der Waals surface area contributed by atoms with E-state index in [0.29, 0.717) is 21.8 Å². The van der Waals surface area contributed by atoms with E-state index in [9.17, 15) is 0 Å². The second kappa shape index (κ2) is 7.17. The fraction of sp³-hybridized carbons (Fsp3) is 0.294. The lowest BCUT2D eigenvalue weighted by molar-refractivity contribution is 0.477. The van der Waals surface area contributed by atoms with Crippen molar-refractivity contribution in [2.75, 3.05) is 0 Å². The molecule has 0 aliphatic heterocycles. The molecule has 0 bridgehead atoms. The summed E-state index contributed by atoms with van der Waals surface area (Å²) in [5, 5.41) is 4.52. The van der Waals surface area contributed by atoms with Crippen LogP contribution < -0.4 is 10.1 Å². The molecule has 4 heteroatoms. The molecule has 2 aromatic carbocycles. The molecule has 0 unspecified atom stereocenters. The molecule has 0 spiro atoms. The van der Waals surface area contributed by atoms with Gasteiger partial charge in [-0.1, -0.05) is 49.2 Å². The molecular formula is C17H19Cl2NO. The highest BCUT2D eigenvalue weighted by Crippen LogP contribution is 2.30. The van der Waals surface area contributed by atoms with Crippen molar-refractivity contribution in [1.82, 2.24) is 5.32 Å². The SMILES string of the molecule is Cc1ccc(CNC(C)C)cc1Oc1cc(Cl)cc(Cl)c1. The van der Waals surface area contributed by atoms with Crippen LogP contribution in [0.15, 0.2) is 36.4 Å². The maximum Gasteiger partial charge on any atom is 0.130 e. The predicted octanol–water partition coefficient (Wildman–Crippen LogP) is 5.59. The average molecular weight is 324 g/mol. The van der Waals surface area contributed by atoms with Gasteiger partial charge in [0.1, 0.15) is 11.5 Å². The Morgan fingerprint density at radius 1 is 1.05 bits per heavy atom. The quantitative estimate of drug-likeness (QED) is 0.774. The molecule has 2 aromatic rings. The zero-order chi connectivity index (χ0) is 15.4. The van der Waals surface area contributed by atoms with Crippen molar-refractivity contribution in [1.29, 1.82) is 0 Å². The molecule has 21 heavy (non-hydrogen) atoms. The first kappa shape index (κ1) is 16.2. The van der Waals surface area contributed by atoms with Crippen LogP contribution in [0.25, 0.3) is 0 Å². The molecule has 0 fully saturated rings. The van der Waals surface area contributed by atoms with Crippen LogP contribution in [0.2, 0.25) is 10.0 Å². The summed E-state index contributed by atoms with van der Waals surface area (Å²) < 4.78 is 5.92. The van der Waals surface area contributed by atoms with Gasteiger partial charge in [-0.15, -0.1) is 0 Å². The first-order valence-electron chi connectivity index (χ1n) is 6.91. The molecule has 2 nitrogen and oxygen atoms in total. The van der Waals surface area contributed by atoms with Crippen LogP contribution in [0, 0.1) is 6.92 Å². The molecule has 0 amide bonds. The van der Waals surface area contributed by atoms with Gasteiger partial charge in [0.25, 0.3) is 0 Å². The minimum Gasteiger partial charge on any atom is -0.457 e. The molecule has 0 saturated heterocycles. The van der Waals surface area contributed by atoms with Crippen LogP contribution in [-0.4, -0.2) is 6.04 Å². The van der Waals surface area contributed by atoms with Crippen molar-refractivity contribution >= 4 is 23.2 Å². The van der Waals surface area contributed by atoms with E-state index in [2.05, 4.69) is 31.3 Å². The van der Waals surface area contributed by atoms with E-state index in [1.165, 1.54) is 5.56 Å². The van der Waals surface area contributed by atoms with E-state index >= 15 is 0 Å². The summed E-state index contributed by atoms with van der Waals surface area (Å²) in [5.41, 5.74) is 2.25. The molecular weight excluding hydrogens is 305 g/mol. The number of hydrogen-bond acceptors (Lipinski definition) is 2. The zero-order valence-electron chi connectivity index (χ0n) is 12.4. The molecule has 112 valence electrons. The number of benzene rings is 2. The van der Waals surface area contributed by atoms with Crippen molar-refractivity contribution in [2.24, 2.45) is 0 Å². The van der Waals surface area contributed by atoms with Crippen LogP contribution in [0.3, 0.4) is 0 Å². The number of halogens is 2. The van der Waals surface area contributed by atoms with Crippen molar-refractivity contribution < 1.29 is 4.74 Å².